The summed E-state index contributed by atoms with van der Waals surface area (Å²) in [5.41, 5.74) is 3.33. The topological polar surface area (TPSA) is 29.5 Å². The van der Waals surface area contributed by atoms with Gasteiger partial charge in [0, 0.05) is 13.5 Å². The van der Waals surface area contributed by atoms with Gasteiger partial charge in [-0.15, -0.1) is 0 Å². The molecular formula is C24H35NO2. The third-order valence-electron chi connectivity index (χ3n) is 5.05. The fraction of sp³-hybridized carbons (Fsp3) is 0.542. The summed E-state index contributed by atoms with van der Waals surface area (Å²) in [5, 5.41) is 0. The van der Waals surface area contributed by atoms with E-state index in [1.807, 2.05) is 24.8 Å². The fourth-order valence-corrected chi connectivity index (χ4v) is 3.35. The van der Waals surface area contributed by atoms with Gasteiger partial charge in [-0.05, 0) is 56.8 Å². The molecule has 0 N–H and O–H groups in total. The molecule has 0 atom stereocenters. The summed E-state index contributed by atoms with van der Waals surface area (Å²) in [7, 11) is 0. The van der Waals surface area contributed by atoms with Crippen LogP contribution in [0.3, 0.4) is 0 Å². The predicted molar refractivity (Wildman–Crippen MR) is 114 cm³/mol. The number of likely N-dealkylation sites (tertiary alicyclic amines) is 1. The fourth-order valence-electron chi connectivity index (χ4n) is 3.35. The second-order valence-corrected chi connectivity index (χ2v) is 8.17. The van der Waals surface area contributed by atoms with Crippen molar-refractivity contribution in [3.8, 4) is 11.8 Å². The van der Waals surface area contributed by atoms with Crippen LogP contribution < -0.4 is 0 Å². The zero-order valence-corrected chi connectivity index (χ0v) is 17.5. The Balaban J connectivity index is 0.00000392. The Bertz CT molecular complexity index is 729. The molecule has 0 unspecified atom stereocenters. The summed E-state index contributed by atoms with van der Waals surface area (Å²) >= 11 is 0. The van der Waals surface area contributed by atoms with Gasteiger partial charge in [0.1, 0.15) is 0 Å². The highest BCUT2D eigenvalue weighted by Crippen LogP contribution is 2.34. The van der Waals surface area contributed by atoms with E-state index in [-0.39, 0.29) is 13.1 Å². The lowest BCUT2D eigenvalue weighted by molar-refractivity contribution is 0.0770. The zero-order valence-electron chi connectivity index (χ0n) is 17.5. The quantitative estimate of drug-likeness (QED) is 0.564. The first-order valence-electron chi connectivity index (χ1n) is 10.1. The van der Waals surface area contributed by atoms with Gasteiger partial charge in [0.15, 0.2) is 0 Å². The Morgan fingerprint density at radius 1 is 1.44 bits per heavy atom. The van der Waals surface area contributed by atoms with E-state index in [1.54, 1.807) is 0 Å². The van der Waals surface area contributed by atoms with Crippen molar-refractivity contribution in [3.63, 3.8) is 0 Å². The van der Waals surface area contributed by atoms with Crippen molar-refractivity contribution in [2.75, 3.05) is 13.2 Å². The van der Waals surface area contributed by atoms with Gasteiger partial charge < -0.3 is 4.74 Å². The van der Waals surface area contributed by atoms with Gasteiger partial charge in [-0.1, -0.05) is 62.8 Å². The van der Waals surface area contributed by atoms with Crippen molar-refractivity contribution in [2.24, 2.45) is 5.92 Å². The molecule has 1 aliphatic heterocycles. The number of hydrogen-bond acceptors (Lipinski definition) is 2. The summed E-state index contributed by atoms with van der Waals surface area (Å²) < 4.78 is 5.41. The molecule has 148 valence electrons. The van der Waals surface area contributed by atoms with Crippen LogP contribution in [0.4, 0.5) is 4.79 Å². The van der Waals surface area contributed by atoms with Gasteiger partial charge in [0.05, 0.1) is 12.1 Å². The van der Waals surface area contributed by atoms with Crippen LogP contribution in [0, 0.1) is 17.8 Å². The summed E-state index contributed by atoms with van der Waals surface area (Å²) in [6.07, 6.45) is 14.5. The van der Waals surface area contributed by atoms with Crippen LogP contribution in [0.5, 0.6) is 0 Å². The average molecular weight is 370 g/mol. The minimum absolute atomic E-state index is 0. The lowest BCUT2D eigenvalue weighted by atomic mass is 9.95. The lowest BCUT2D eigenvalue weighted by Gasteiger charge is -2.31. The van der Waals surface area contributed by atoms with E-state index >= 15 is 0 Å². The summed E-state index contributed by atoms with van der Waals surface area (Å²) in [5.74, 6) is 6.80. The van der Waals surface area contributed by atoms with Crippen LogP contribution in [0.15, 0.2) is 47.1 Å². The van der Waals surface area contributed by atoms with E-state index in [0.29, 0.717) is 19.1 Å². The van der Waals surface area contributed by atoms with E-state index in [0.717, 1.165) is 24.8 Å². The Kier molecular flexibility index (Phi) is 7.54. The minimum atomic E-state index is -0.355. The third kappa shape index (κ3) is 5.89. The molecular weight excluding hydrogens is 334 g/mol. The van der Waals surface area contributed by atoms with Gasteiger partial charge in [-0.25, -0.2) is 4.79 Å². The van der Waals surface area contributed by atoms with Gasteiger partial charge in [-0.3, -0.25) is 4.90 Å². The molecule has 1 aliphatic carbocycles. The third-order valence-corrected chi connectivity index (χ3v) is 5.05. The van der Waals surface area contributed by atoms with Gasteiger partial charge in [0.25, 0.3) is 0 Å². The van der Waals surface area contributed by atoms with Crippen LogP contribution >= 0.6 is 0 Å². The maximum atomic E-state index is 12.4. The molecule has 1 saturated heterocycles. The first-order valence-corrected chi connectivity index (χ1v) is 10.1. The number of allylic oxidation sites excluding steroid dienone is 7. The molecule has 0 bridgehead atoms. The molecule has 1 amide bonds. The van der Waals surface area contributed by atoms with E-state index in [9.17, 15) is 4.79 Å². The molecule has 1 fully saturated rings. The van der Waals surface area contributed by atoms with E-state index in [4.69, 9.17) is 4.74 Å². The molecule has 0 spiro atoms. The van der Waals surface area contributed by atoms with Gasteiger partial charge in [0.2, 0.25) is 0 Å². The monoisotopic (exact) mass is 369 g/mol. The standard InChI is InChI=1S/C24H33NO2.H2/c1-6-9-20-10-7-11-21(15-14-20)12-8-13-22-16-17-25(24(22,4)5)23(26)27-18-19(2)3;/h7,10-11,13,15,19H,6,9,14,16-18H2,1-5H3;1H/b22-13+;. The second-order valence-electron chi connectivity index (χ2n) is 8.17. The van der Waals surface area contributed by atoms with E-state index < -0.39 is 0 Å². The zero-order chi connectivity index (χ0) is 19.9. The molecule has 3 heteroatoms. The number of hydrogen-bond donors (Lipinski definition) is 0. The number of nitrogens with zero attached hydrogens (tertiary/aromatic N) is 1. The van der Waals surface area contributed by atoms with Crippen LogP contribution in [0.1, 0.15) is 61.7 Å². The smallest absolute Gasteiger partial charge is 0.410 e. The normalized spacial score (nSPS) is 20.1. The Labute approximate surface area is 166 Å². The highest BCUT2D eigenvalue weighted by molar-refractivity contribution is 5.70. The molecule has 0 aromatic rings. The van der Waals surface area contributed by atoms with Gasteiger partial charge >= 0.3 is 6.09 Å². The summed E-state index contributed by atoms with van der Waals surface area (Å²) in [4.78, 5) is 14.2. The number of rotatable bonds is 4. The van der Waals surface area contributed by atoms with Crippen molar-refractivity contribution >= 4 is 6.09 Å². The maximum Gasteiger partial charge on any atom is 0.410 e. The van der Waals surface area contributed by atoms with E-state index in [1.165, 1.54) is 17.6 Å². The predicted octanol–water partition coefficient (Wildman–Crippen LogP) is 6.05. The van der Waals surface area contributed by atoms with Crippen molar-refractivity contribution in [2.45, 2.75) is 65.8 Å². The Morgan fingerprint density at radius 2 is 2.22 bits per heavy atom. The maximum absolute atomic E-state index is 12.4. The van der Waals surface area contributed by atoms with E-state index in [2.05, 4.69) is 56.9 Å². The number of amides is 1. The highest BCUT2D eigenvalue weighted by atomic mass is 16.6. The average Bonchev–Trinajstić information content (AvgIpc) is 2.77. The molecule has 27 heavy (non-hydrogen) atoms. The minimum Gasteiger partial charge on any atom is -0.449 e. The van der Waals surface area contributed by atoms with Crippen molar-refractivity contribution in [3.05, 3.63) is 47.1 Å². The SMILES string of the molecule is CCCC1=CC=CC(C#C/C=C2\CCN(C(=O)OCC(C)C)C2(C)C)=CC1.[HH]. The lowest BCUT2D eigenvalue weighted by Crippen LogP contribution is -2.44. The second kappa shape index (κ2) is 9.65. The van der Waals surface area contributed by atoms with Gasteiger partial charge in [-0.2, -0.15) is 0 Å². The van der Waals surface area contributed by atoms with Crippen molar-refractivity contribution in [1.82, 2.24) is 4.90 Å². The summed E-state index contributed by atoms with van der Waals surface area (Å²) in [6, 6.07) is 0. The molecule has 1 heterocycles. The van der Waals surface area contributed by atoms with Crippen molar-refractivity contribution in [1.29, 1.82) is 0 Å². The molecule has 0 saturated carbocycles. The number of carbonyl (C=O) groups is 1. The molecule has 2 rings (SSSR count). The first-order chi connectivity index (χ1) is 12.8. The first kappa shape index (κ1) is 21.1. The molecule has 0 aromatic carbocycles. The highest BCUT2D eigenvalue weighted by Gasteiger charge is 2.40. The molecule has 0 radical (unpaired) electrons. The Morgan fingerprint density at radius 3 is 2.93 bits per heavy atom. The van der Waals surface area contributed by atoms with Crippen LogP contribution in [-0.2, 0) is 4.74 Å². The van der Waals surface area contributed by atoms with Crippen molar-refractivity contribution < 1.29 is 11.0 Å². The Hall–Kier alpha value is -2.21. The van der Waals surface area contributed by atoms with Crippen LogP contribution in [0.2, 0.25) is 0 Å². The molecule has 3 nitrogen and oxygen atoms in total. The number of carbonyl (C=O) groups excluding carboxylic acids is 1. The van der Waals surface area contributed by atoms with Crippen LogP contribution in [-0.4, -0.2) is 29.7 Å². The summed E-state index contributed by atoms with van der Waals surface area (Å²) in [6.45, 7) is 11.6. The molecule has 2 aliphatic rings. The largest absolute Gasteiger partial charge is 0.449 e. The van der Waals surface area contributed by atoms with Crippen LogP contribution in [0.25, 0.3) is 0 Å². The molecule has 0 aromatic heterocycles. The number of ether oxygens (including phenoxy) is 1.